The zero-order chi connectivity index (χ0) is 16.2. The molecule has 1 atom stereocenters. The van der Waals surface area contributed by atoms with Gasteiger partial charge >= 0.3 is 0 Å². The predicted molar refractivity (Wildman–Crippen MR) is 97.2 cm³/mol. The van der Waals surface area contributed by atoms with E-state index in [0.717, 1.165) is 5.92 Å². The number of hydrogen-bond acceptors (Lipinski definition) is 2. The van der Waals surface area contributed by atoms with Crippen molar-refractivity contribution in [1.29, 1.82) is 0 Å². The topological polar surface area (TPSA) is 6.48 Å². The molecule has 1 aromatic rings. The maximum Gasteiger partial charge on any atom is 0.110 e. The van der Waals surface area contributed by atoms with Gasteiger partial charge in [0, 0.05) is 11.4 Å². The lowest BCUT2D eigenvalue weighted by Gasteiger charge is -2.44. The highest BCUT2D eigenvalue weighted by molar-refractivity contribution is 5.63. The molecule has 0 radical (unpaired) electrons. The van der Waals surface area contributed by atoms with Gasteiger partial charge in [0.2, 0.25) is 0 Å². The number of para-hydroxylation sites is 1. The summed E-state index contributed by atoms with van der Waals surface area (Å²) in [5.74, 6) is 0.765. The zero-order valence-corrected chi connectivity index (χ0v) is 14.8. The molecule has 0 aromatic heterocycles. The van der Waals surface area contributed by atoms with Crippen molar-refractivity contribution >= 4 is 5.69 Å². The van der Waals surface area contributed by atoms with Gasteiger partial charge in [-0.2, -0.15) is 0 Å². The van der Waals surface area contributed by atoms with Gasteiger partial charge in [-0.05, 0) is 64.2 Å². The Bertz CT molecular complexity index is 677. The molecular formula is C21H28N2. The molecule has 2 heterocycles. The van der Waals surface area contributed by atoms with Crippen LogP contribution in [0.5, 0.6) is 0 Å². The summed E-state index contributed by atoms with van der Waals surface area (Å²) in [5, 5.41) is 0. The summed E-state index contributed by atoms with van der Waals surface area (Å²) in [5.41, 5.74) is 5.71. The molecule has 4 rings (SSSR count). The van der Waals surface area contributed by atoms with Crippen molar-refractivity contribution in [3.05, 3.63) is 53.4 Å². The third kappa shape index (κ3) is 2.14. The highest BCUT2D eigenvalue weighted by Gasteiger charge is 2.48. The number of rotatable bonds is 2. The molecule has 2 heteroatoms. The maximum atomic E-state index is 2.69. The van der Waals surface area contributed by atoms with Crippen molar-refractivity contribution in [2.45, 2.75) is 65.1 Å². The molecule has 1 fully saturated rings. The number of nitrogens with zero attached hydrogens (tertiary/aromatic N) is 2. The van der Waals surface area contributed by atoms with Crippen LogP contribution in [0.25, 0.3) is 0 Å². The Hall–Kier alpha value is -1.70. The van der Waals surface area contributed by atoms with Gasteiger partial charge in [0.05, 0.1) is 11.2 Å². The lowest BCUT2D eigenvalue weighted by molar-refractivity contribution is 0.140. The minimum atomic E-state index is 0.112. The fourth-order valence-electron chi connectivity index (χ4n) is 4.80. The summed E-state index contributed by atoms with van der Waals surface area (Å²) in [6.07, 6.45) is 10.7. The molecule has 3 aliphatic rings. The molecule has 0 saturated heterocycles. The van der Waals surface area contributed by atoms with E-state index < -0.39 is 0 Å². The Morgan fingerprint density at radius 2 is 1.74 bits per heavy atom. The average molecular weight is 308 g/mol. The van der Waals surface area contributed by atoms with E-state index in [4.69, 9.17) is 0 Å². The van der Waals surface area contributed by atoms with Gasteiger partial charge in [0.15, 0.2) is 0 Å². The second-order valence-electron chi connectivity index (χ2n) is 7.94. The monoisotopic (exact) mass is 308 g/mol. The summed E-state index contributed by atoms with van der Waals surface area (Å²) in [6.45, 7) is 9.25. The molecule has 0 bridgehead atoms. The molecule has 0 N–H and O–H groups in total. The Kier molecular flexibility index (Phi) is 3.33. The van der Waals surface area contributed by atoms with Crippen LogP contribution in [-0.4, -0.2) is 16.6 Å². The number of allylic oxidation sites excluding steroid dienone is 2. The van der Waals surface area contributed by atoms with E-state index in [1.54, 1.807) is 0 Å². The molecule has 1 saturated carbocycles. The smallest absolute Gasteiger partial charge is 0.110 e. The van der Waals surface area contributed by atoms with Gasteiger partial charge in [-0.25, -0.2) is 0 Å². The van der Waals surface area contributed by atoms with E-state index in [0.29, 0.717) is 6.17 Å². The van der Waals surface area contributed by atoms with Crippen LogP contribution in [0.2, 0.25) is 0 Å². The molecule has 122 valence electrons. The van der Waals surface area contributed by atoms with Crippen molar-refractivity contribution in [2.24, 2.45) is 5.92 Å². The molecule has 2 aliphatic heterocycles. The van der Waals surface area contributed by atoms with E-state index in [2.05, 4.69) is 73.9 Å². The average Bonchev–Trinajstić information content (AvgIpc) is 3.19. The van der Waals surface area contributed by atoms with Crippen molar-refractivity contribution in [1.82, 2.24) is 4.90 Å². The van der Waals surface area contributed by atoms with Crippen LogP contribution < -0.4 is 4.90 Å². The van der Waals surface area contributed by atoms with E-state index in [9.17, 15) is 0 Å². The number of benzene rings is 1. The first-order chi connectivity index (χ1) is 11.0. The molecule has 23 heavy (non-hydrogen) atoms. The minimum Gasteiger partial charge on any atom is -0.341 e. The quantitative estimate of drug-likeness (QED) is 0.739. The SMILES string of the molecule is CC1=C2C=CC(C)(C)N2C(C2CCCC2)N1c1ccccc1C. The number of anilines is 1. The van der Waals surface area contributed by atoms with Gasteiger partial charge in [-0.15, -0.1) is 0 Å². The van der Waals surface area contributed by atoms with Crippen LogP contribution in [0.1, 0.15) is 52.0 Å². The summed E-state index contributed by atoms with van der Waals surface area (Å²) in [6, 6.07) is 8.85. The summed E-state index contributed by atoms with van der Waals surface area (Å²) in [4.78, 5) is 5.32. The van der Waals surface area contributed by atoms with Gasteiger partial charge < -0.3 is 9.80 Å². The fraction of sp³-hybridized carbons (Fsp3) is 0.524. The number of hydrogen-bond donors (Lipinski definition) is 0. The molecule has 1 aromatic carbocycles. The summed E-state index contributed by atoms with van der Waals surface area (Å²) >= 11 is 0. The maximum absolute atomic E-state index is 2.69. The van der Waals surface area contributed by atoms with Crippen LogP contribution in [0.15, 0.2) is 47.8 Å². The second-order valence-corrected chi connectivity index (χ2v) is 7.94. The Balaban J connectivity index is 1.84. The third-order valence-corrected chi connectivity index (χ3v) is 5.99. The van der Waals surface area contributed by atoms with Crippen molar-refractivity contribution < 1.29 is 0 Å². The van der Waals surface area contributed by atoms with Gasteiger partial charge in [-0.1, -0.05) is 37.1 Å². The van der Waals surface area contributed by atoms with Crippen molar-refractivity contribution in [3.63, 3.8) is 0 Å². The van der Waals surface area contributed by atoms with E-state index in [1.165, 1.54) is 48.3 Å². The lowest BCUT2D eigenvalue weighted by atomic mass is 9.97. The van der Waals surface area contributed by atoms with E-state index in [1.807, 2.05) is 0 Å². The normalized spacial score (nSPS) is 26.5. The lowest BCUT2D eigenvalue weighted by Crippen LogP contribution is -2.51. The summed E-state index contributed by atoms with van der Waals surface area (Å²) < 4.78 is 0. The Labute approximate surface area is 140 Å². The minimum absolute atomic E-state index is 0.112. The van der Waals surface area contributed by atoms with Crippen LogP contribution in [0.3, 0.4) is 0 Å². The van der Waals surface area contributed by atoms with Gasteiger partial charge in [0.1, 0.15) is 6.17 Å². The Morgan fingerprint density at radius 3 is 2.43 bits per heavy atom. The van der Waals surface area contributed by atoms with Crippen molar-refractivity contribution in [3.8, 4) is 0 Å². The Morgan fingerprint density at radius 1 is 1.04 bits per heavy atom. The zero-order valence-electron chi connectivity index (χ0n) is 14.8. The van der Waals surface area contributed by atoms with Crippen LogP contribution >= 0.6 is 0 Å². The van der Waals surface area contributed by atoms with Crippen LogP contribution in [0.4, 0.5) is 5.69 Å². The van der Waals surface area contributed by atoms with E-state index in [-0.39, 0.29) is 5.54 Å². The molecule has 0 spiro atoms. The largest absolute Gasteiger partial charge is 0.341 e. The van der Waals surface area contributed by atoms with Crippen molar-refractivity contribution in [2.75, 3.05) is 4.90 Å². The highest BCUT2D eigenvalue weighted by Crippen LogP contribution is 2.48. The molecule has 1 aliphatic carbocycles. The second kappa shape index (κ2) is 5.15. The first-order valence-electron chi connectivity index (χ1n) is 9.05. The summed E-state index contributed by atoms with van der Waals surface area (Å²) in [7, 11) is 0. The first-order valence-corrected chi connectivity index (χ1v) is 9.05. The van der Waals surface area contributed by atoms with Crippen LogP contribution in [-0.2, 0) is 0 Å². The van der Waals surface area contributed by atoms with Crippen LogP contribution in [0, 0.1) is 12.8 Å². The highest BCUT2D eigenvalue weighted by atomic mass is 15.5. The number of aryl methyl sites for hydroxylation is 1. The fourth-order valence-corrected chi connectivity index (χ4v) is 4.80. The molecule has 1 unspecified atom stereocenters. The molecule has 0 amide bonds. The van der Waals surface area contributed by atoms with Gasteiger partial charge in [-0.3, -0.25) is 0 Å². The predicted octanol–water partition coefficient (Wildman–Crippen LogP) is 5.21. The standard InChI is InChI=1S/C21H28N2/c1-15-9-5-8-12-18(15)22-16(2)19-13-14-21(3,4)23(19)20(22)17-10-6-7-11-17/h5,8-9,12-14,17,20H,6-7,10-11H2,1-4H3. The third-order valence-electron chi connectivity index (χ3n) is 5.99. The van der Waals surface area contributed by atoms with Gasteiger partial charge in [0.25, 0.3) is 0 Å². The first kappa shape index (κ1) is 14.9. The molecule has 2 nitrogen and oxygen atoms in total. The van der Waals surface area contributed by atoms with E-state index >= 15 is 0 Å². The number of fused-ring (bicyclic) bond motifs is 1. The molecular weight excluding hydrogens is 280 g/mol.